The topological polar surface area (TPSA) is 29.5 Å². The summed E-state index contributed by atoms with van der Waals surface area (Å²) >= 11 is 0. The van der Waals surface area contributed by atoms with Crippen LogP contribution in [0.1, 0.15) is 36.8 Å². The van der Waals surface area contributed by atoms with Crippen LogP contribution in [0.2, 0.25) is 0 Å². The summed E-state index contributed by atoms with van der Waals surface area (Å²) in [7, 11) is 0. The molecule has 2 fully saturated rings. The SMILES string of the molecule is Cc1ccc(OCC(=O)N2CC3CCCCC3C2)c(C)c1. The van der Waals surface area contributed by atoms with Crippen molar-refractivity contribution in [2.75, 3.05) is 19.7 Å². The number of amides is 1. The number of hydrogen-bond acceptors (Lipinski definition) is 2. The summed E-state index contributed by atoms with van der Waals surface area (Å²) < 4.78 is 5.73. The number of likely N-dealkylation sites (tertiary alicyclic amines) is 1. The van der Waals surface area contributed by atoms with Crippen molar-refractivity contribution in [1.29, 1.82) is 0 Å². The summed E-state index contributed by atoms with van der Waals surface area (Å²) in [5.41, 5.74) is 2.31. The van der Waals surface area contributed by atoms with Crippen molar-refractivity contribution in [1.82, 2.24) is 4.90 Å². The van der Waals surface area contributed by atoms with Gasteiger partial charge in [-0.2, -0.15) is 0 Å². The van der Waals surface area contributed by atoms with Gasteiger partial charge < -0.3 is 9.64 Å². The van der Waals surface area contributed by atoms with Gasteiger partial charge in [0.05, 0.1) is 0 Å². The third-order valence-corrected chi connectivity index (χ3v) is 5.01. The first-order chi connectivity index (χ1) is 10.1. The second kappa shape index (κ2) is 6.08. The van der Waals surface area contributed by atoms with Crippen LogP contribution in [0.4, 0.5) is 0 Å². The highest BCUT2D eigenvalue weighted by Gasteiger charge is 2.36. The maximum atomic E-state index is 12.3. The van der Waals surface area contributed by atoms with E-state index in [0.717, 1.165) is 36.2 Å². The number of nitrogens with zero attached hydrogens (tertiary/aromatic N) is 1. The number of benzene rings is 1. The first-order valence-corrected chi connectivity index (χ1v) is 8.11. The summed E-state index contributed by atoms with van der Waals surface area (Å²) in [5.74, 6) is 2.45. The van der Waals surface area contributed by atoms with Crippen LogP contribution in [0.5, 0.6) is 5.75 Å². The van der Waals surface area contributed by atoms with E-state index in [9.17, 15) is 4.79 Å². The number of rotatable bonds is 3. The Bertz CT molecular complexity index is 512. The van der Waals surface area contributed by atoms with Gasteiger partial charge in [-0.05, 0) is 50.2 Å². The quantitative estimate of drug-likeness (QED) is 0.853. The number of hydrogen-bond donors (Lipinski definition) is 0. The maximum absolute atomic E-state index is 12.3. The fourth-order valence-electron chi connectivity index (χ4n) is 3.80. The molecule has 0 radical (unpaired) electrons. The van der Waals surface area contributed by atoms with Gasteiger partial charge in [0.1, 0.15) is 5.75 Å². The third kappa shape index (κ3) is 3.22. The van der Waals surface area contributed by atoms with Gasteiger partial charge in [-0.15, -0.1) is 0 Å². The molecule has 1 aromatic rings. The van der Waals surface area contributed by atoms with Crippen molar-refractivity contribution < 1.29 is 9.53 Å². The molecular weight excluding hydrogens is 262 g/mol. The average molecular weight is 287 g/mol. The minimum atomic E-state index is 0.143. The molecule has 0 bridgehead atoms. The van der Waals surface area contributed by atoms with Gasteiger partial charge in [-0.25, -0.2) is 0 Å². The lowest BCUT2D eigenvalue weighted by Gasteiger charge is -2.22. The lowest BCUT2D eigenvalue weighted by atomic mass is 9.82. The fourth-order valence-corrected chi connectivity index (χ4v) is 3.80. The molecule has 114 valence electrons. The van der Waals surface area contributed by atoms with Gasteiger partial charge in [0.25, 0.3) is 5.91 Å². The van der Waals surface area contributed by atoms with Crippen LogP contribution in [0, 0.1) is 25.7 Å². The molecule has 1 aliphatic heterocycles. The Morgan fingerprint density at radius 2 is 1.86 bits per heavy atom. The van der Waals surface area contributed by atoms with Gasteiger partial charge in [0.2, 0.25) is 0 Å². The summed E-state index contributed by atoms with van der Waals surface area (Å²) in [4.78, 5) is 14.4. The lowest BCUT2D eigenvalue weighted by molar-refractivity contribution is -0.132. The van der Waals surface area contributed by atoms with Crippen LogP contribution in [-0.4, -0.2) is 30.5 Å². The Morgan fingerprint density at radius 3 is 2.48 bits per heavy atom. The number of carbonyl (C=O) groups excluding carboxylic acids is 1. The molecule has 3 rings (SSSR count). The molecule has 1 aromatic carbocycles. The molecule has 0 spiro atoms. The molecule has 1 heterocycles. The van der Waals surface area contributed by atoms with Crippen molar-refractivity contribution in [3.05, 3.63) is 29.3 Å². The van der Waals surface area contributed by atoms with Crippen molar-refractivity contribution in [2.45, 2.75) is 39.5 Å². The maximum Gasteiger partial charge on any atom is 0.260 e. The largest absolute Gasteiger partial charge is 0.484 e. The van der Waals surface area contributed by atoms with E-state index in [-0.39, 0.29) is 12.5 Å². The molecule has 1 amide bonds. The molecule has 0 aromatic heterocycles. The number of fused-ring (bicyclic) bond motifs is 1. The zero-order chi connectivity index (χ0) is 14.8. The van der Waals surface area contributed by atoms with Gasteiger partial charge in [-0.3, -0.25) is 4.79 Å². The summed E-state index contributed by atoms with van der Waals surface area (Å²) in [6.45, 7) is 6.15. The minimum Gasteiger partial charge on any atom is -0.484 e. The zero-order valence-corrected chi connectivity index (χ0v) is 13.1. The molecule has 3 nitrogen and oxygen atoms in total. The third-order valence-electron chi connectivity index (χ3n) is 5.01. The summed E-state index contributed by atoms with van der Waals surface area (Å²) in [6.07, 6.45) is 5.27. The number of carbonyl (C=O) groups is 1. The second-order valence-electron chi connectivity index (χ2n) is 6.66. The Labute approximate surface area is 127 Å². The molecule has 1 saturated carbocycles. The second-order valence-corrected chi connectivity index (χ2v) is 6.66. The predicted molar refractivity (Wildman–Crippen MR) is 83.4 cm³/mol. The van der Waals surface area contributed by atoms with Crippen molar-refractivity contribution in [2.24, 2.45) is 11.8 Å². The Hall–Kier alpha value is -1.51. The molecule has 0 N–H and O–H groups in total. The first kappa shape index (κ1) is 14.4. The normalized spacial score (nSPS) is 24.8. The van der Waals surface area contributed by atoms with Crippen LogP contribution in [0.15, 0.2) is 18.2 Å². The van der Waals surface area contributed by atoms with Crippen LogP contribution >= 0.6 is 0 Å². The molecule has 1 saturated heterocycles. The van der Waals surface area contributed by atoms with Crippen LogP contribution in [0.3, 0.4) is 0 Å². The number of ether oxygens (including phenoxy) is 1. The van der Waals surface area contributed by atoms with E-state index in [1.54, 1.807) is 0 Å². The van der Waals surface area contributed by atoms with Crippen molar-refractivity contribution in [3.63, 3.8) is 0 Å². The van der Waals surface area contributed by atoms with Crippen LogP contribution in [-0.2, 0) is 4.79 Å². The molecule has 2 atom stereocenters. The standard InChI is InChI=1S/C18H25NO2/c1-13-7-8-17(14(2)9-13)21-12-18(20)19-10-15-5-3-4-6-16(15)11-19/h7-9,15-16H,3-6,10-12H2,1-2H3. The monoisotopic (exact) mass is 287 g/mol. The molecule has 21 heavy (non-hydrogen) atoms. The van der Waals surface area contributed by atoms with Gasteiger partial charge in [-0.1, -0.05) is 30.5 Å². The Balaban J connectivity index is 1.55. The molecule has 3 heteroatoms. The fraction of sp³-hybridized carbons (Fsp3) is 0.611. The molecule has 2 unspecified atom stereocenters. The van der Waals surface area contributed by atoms with E-state index in [2.05, 4.69) is 13.0 Å². The van der Waals surface area contributed by atoms with Gasteiger partial charge >= 0.3 is 0 Å². The summed E-state index contributed by atoms with van der Waals surface area (Å²) in [6, 6.07) is 6.07. The Morgan fingerprint density at radius 1 is 1.19 bits per heavy atom. The molecular formula is C18H25NO2. The van der Waals surface area contributed by atoms with Crippen LogP contribution < -0.4 is 4.74 Å². The highest BCUT2D eigenvalue weighted by atomic mass is 16.5. The molecule has 2 aliphatic rings. The summed E-state index contributed by atoms with van der Waals surface area (Å²) in [5, 5.41) is 0. The van der Waals surface area contributed by atoms with E-state index in [1.165, 1.54) is 31.2 Å². The highest BCUT2D eigenvalue weighted by Crippen LogP contribution is 2.36. The highest BCUT2D eigenvalue weighted by molar-refractivity contribution is 5.78. The van der Waals surface area contributed by atoms with Gasteiger partial charge in [0.15, 0.2) is 6.61 Å². The van der Waals surface area contributed by atoms with E-state index in [4.69, 9.17) is 4.74 Å². The predicted octanol–water partition coefficient (Wildman–Crippen LogP) is 3.33. The zero-order valence-electron chi connectivity index (χ0n) is 13.1. The van der Waals surface area contributed by atoms with E-state index in [1.807, 2.05) is 24.0 Å². The van der Waals surface area contributed by atoms with Crippen molar-refractivity contribution in [3.8, 4) is 5.75 Å². The van der Waals surface area contributed by atoms with E-state index >= 15 is 0 Å². The Kier molecular flexibility index (Phi) is 4.18. The van der Waals surface area contributed by atoms with Crippen molar-refractivity contribution >= 4 is 5.91 Å². The van der Waals surface area contributed by atoms with Crippen LogP contribution in [0.25, 0.3) is 0 Å². The first-order valence-electron chi connectivity index (χ1n) is 8.11. The van der Waals surface area contributed by atoms with Gasteiger partial charge in [0, 0.05) is 13.1 Å². The lowest BCUT2D eigenvalue weighted by Crippen LogP contribution is -2.33. The minimum absolute atomic E-state index is 0.143. The smallest absolute Gasteiger partial charge is 0.260 e. The number of aryl methyl sites for hydroxylation is 2. The van der Waals surface area contributed by atoms with E-state index < -0.39 is 0 Å². The van der Waals surface area contributed by atoms with E-state index in [0.29, 0.717) is 0 Å². The average Bonchev–Trinajstić information content (AvgIpc) is 2.90. The molecule has 1 aliphatic carbocycles.